The number of pyridine rings is 1. The Kier molecular flexibility index (Phi) is 5.74. The quantitative estimate of drug-likeness (QED) is 0.648. The van der Waals surface area contributed by atoms with Crippen LogP contribution in [0.25, 0.3) is 10.9 Å². The first-order valence-corrected chi connectivity index (χ1v) is 8.67. The van der Waals surface area contributed by atoms with Gasteiger partial charge in [0.1, 0.15) is 11.3 Å². The molecule has 0 radical (unpaired) electrons. The second kappa shape index (κ2) is 8.39. The van der Waals surface area contributed by atoms with Gasteiger partial charge in [0.05, 0.1) is 37.6 Å². The van der Waals surface area contributed by atoms with Crippen molar-refractivity contribution in [1.82, 2.24) is 4.98 Å². The first-order valence-electron chi connectivity index (χ1n) is 8.67. The van der Waals surface area contributed by atoms with E-state index in [1.54, 1.807) is 44.4 Å². The van der Waals surface area contributed by atoms with Gasteiger partial charge < -0.3 is 19.5 Å². The number of hydrogen-bond acceptors (Lipinski definition) is 7. The maximum atomic E-state index is 12.5. The lowest BCUT2D eigenvalue weighted by Crippen LogP contribution is -2.10. The van der Waals surface area contributed by atoms with Crippen LogP contribution in [0.15, 0.2) is 48.7 Å². The highest BCUT2D eigenvalue weighted by molar-refractivity contribution is 6.11. The normalized spacial score (nSPS) is 10.4. The first-order chi connectivity index (χ1) is 13.6. The fourth-order valence-corrected chi connectivity index (χ4v) is 2.81. The van der Waals surface area contributed by atoms with Crippen molar-refractivity contribution in [2.75, 3.05) is 26.1 Å². The number of methoxy groups -OCH3 is 2. The van der Waals surface area contributed by atoms with Crippen LogP contribution in [0.1, 0.15) is 27.6 Å². The summed E-state index contributed by atoms with van der Waals surface area (Å²) in [5, 5.41) is 3.84. The minimum Gasteiger partial charge on any atom is -0.497 e. The minimum absolute atomic E-state index is 0.237. The van der Waals surface area contributed by atoms with Gasteiger partial charge in [-0.3, -0.25) is 4.98 Å². The number of carbonyl (C=O) groups is 2. The van der Waals surface area contributed by atoms with Crippen molar-refractivity contribution in [3.05, 3.63) is 59.8 Å². The number of aromatic nitrogens is 1. The van der Waals surface area contributed by atoms with Gasteiger partial charge in [-0.15, -0.1) is 0 Å². The highest BCUT2D eigenvalue weighted by atomic mass is 16.5. The molecule has 0 amide bonds. The van der Waals surface area contributed by atoms with Crippen LogP contribution in [0.2, 0.25) is 0 Å². The molecule has 0 aliphatic heterocycles. The summed E-state index contributed by atoms with van der Waals surface area (Å²) >= 11 is 0. The molecular formula is C21H20N2O5. The summed E-state index contributed by atoms with van der Waals surface area (Å²) in [6, 6.07) is 12.4. The van der Waals surface area contributed by atoms with Crippen LogP contribution >= 0.6 is 0 Å². The van der Waals surface area contributed by atoms with Crippen LogP contribution in [-0.4, -0.2) is 37.7 Å². The molecule has 0 saturated carbocycles. The zero-order chi connectivity index (χ0) is 20.1. The Bertz CT molecular complexity index is 1020. The molecule has 28 heavy (non-hydrogen) atoms. The van der Waals surface area contributed by atoms with Crippen LogP contribution < -0.4 is 10.1 Å². The standard InChI is InChI=1S/C21H20N2O5/c1-4-28-21(25)17-12-22-18-15(6-5-7-16(18)20(24)27-3)19(17)23-13-8-10-14(26-2)11-9-13/h5-12H,4H2,1-3H3,(H,22,23). The molecule has 0 unspecified atom stereocenters. The third-order valence-corrected chi connectivity index (χ3v) is 4.16. The highest BCUT2D eigenvalue weighted by Gasteiger charge is 2.20. The molecule has 144 valence electrons. The topological polar surface area (TPSA) is 86.8 Å². The van der Waals surface area contributed by atoms with Crippen LogP contribution in [0, 0.1) is 0 Å². The molecule has 0 fully saturated rings. The number of rotatable bonds is 6. The second-order valence-corrected chi connectivity index (χ2v) is 5.81. The molecule has 1 aromatic heterocycles. The Balaban J connectivity index is 2.17. The van der Waals surface area contributed by atoms with E-state index < -0.39 is 11.9 Å². The number of anilines is 2. The molecule has 3 aromatic rings. The van der Waals surface area contributed by atoms with Gasteiger partial charge >= 0.3 is 11.9 Å². The fraction of sp³-hybridized carbons (Fsp3) is 0.190. The summed E-state index contributed by atoms with van der Waals surface area (Å²) in [5.74, 6) is -0.294. The van der Waals surface area contributed by atoms with Crippen molar-refractivity contribution in [3.63, 3.8) is 0 Å². The van der Waals surface area contributed by atoms with E-state index in [1.807, 2.05) is 12.1 Å². The lowest BCUT2D eigenvalue weighted by molar-refractivity contribution is 0.0526. The molecule has 1 N–H and O–H groups in total. The minimum atomic E-state index is -0.503. The third-order valence-electron chi connectivity index (χ3n) is 4.16. The SMILES string of the molecule is CCOC(=O)c1cnc2c(C(=O)OC)cccc2c1Nc1ccc(OC)cc1. The van der Waals surface area contributed by atoms with Gasteiger partial charge in [0, 0.05) is 17.3 Å². The Morgan fingerprint density at radius 3 is 2.39 bits per heavy atom. The molecule has 3 rings (SSSR count). The number of nitrogens with zero attached hydrogens (tertiary/aromatic N) is 1. The number of nitrogens with one attached hydrogen (secondary N) is 1. The second-order valence-electron chi connectivity index (χ2n) is 5.81. The highest BCUT2D eigenvalue weighted by Crippen LogP contribution is 2.32. The van der Waals surface area contributed by atoms with E-state index in [9.17, 15) is 9.59 Å². The van der Waals surface area contributed by atoms with Gasteiger partial charge in [0.25, 0.3) is 0 Å². The van der Waals surface area contributed by atoms with Crippen LogP contribution in [0.5, 0.6) is 5.75 Å². The summed E-state index contributed by atoms with van der Waals surface area (Å²) in [7, 11) is 2.90. The maximum Gasteiger partial charge on any atom is 0.341 e. The van der Waals surface area contributed by atoms with Crippen LogP contribution in [-0.2, 0) is 9.47 Å². The predicted molar refractivity (Wildman–Crippen MR) is 105 cm³/mol. The number of carbonyl (C=O) groups excluding carboxylic acids is 2. The van der Waals surface area contributed by atoms with Gasteiger partial charge in [0.2, 0.25) is 0 Å². The number of para-hydroxylation sites is 1. The van der Waals surface area contributed by atoms with E-state index in [0.717, 1.165) is 5.69 Å². The van der Waals surface area contributed by atoms with Crippen LogP contribution in [0.4, 0.5) is 11.4 Å². The van der Waals surface area contributed by atoms with Crippen LogP contribution in [0.3, 0.4) is 0 Å². The number of fused-ring (bicyclic) bond motifs is 1. The number of benzene rings is 2. The van der Waals surface area contributed by atoms with E-state index in [-0.39, 0.29) is 12.2 Å². The molecule has 0 aliphatic carbocycles. The largest absolute Gasteiger partial charge is 0.497 e. The first kappa shape index (κ1) is 19.2. The van der Waals surface area contributed by atoms with Gasteiger partial charge in [-0.2, -0.15) is 0 Å². The molecule has 0 atom stereocenters. The van der Waals surface area contributed by atoms with Gasteiger partial charge in [-0.1, -0.05) is 12.1 Å². The van der Waals surface area contributed by atoms with Crippen molar-refractivity contribution in [2.24, 2.45) is 0 Å². The van der Waals surface area contributed by atoms with Gasteiger partial charge in [-0.05, 0) is 37.3 Å². The lowest BCUT2D eigenvalue weighted by Gasteiger charge is -2.15. The number of hydrogen-bond donors (Lipinski definition) is 1. The van der Waals surface area contributed by atoms with Gasteiger partial charge in [-0.25, -0.2) is 9.59 Å². The molecule has 0 aliphatic rings. The fourth-order valence-electron chi connectivity index (χ4n) is 2.81. The van der Waals surface area contributed by atoms with Crippen molar-refractivity contribution < 1.29 is 23.8 Å². The zero-order valence-corrected chi connectivity index (χ0v) is 15.8. The average Bonchev–Trinajstić information content (AvgIpc) is 2.73. The Morgan fingerprint density at radius 2 is 1.75 bits per heavy atom. The monoisotopic (exact) mass is 380 g/mol. The predicted octanol–water partition coefficient (Wildman–Crippen LogP) is 3.95. The summed E-state index contributed by atoms with van der Waals surface area (Å²) in [4.78, 5) is 28.9. The molecule has 7 nitrogen and oxygen atoms in total. The van der Waals surface area contributed by atoms with E-state index >= 15 is 0 Å². The lowest BCUT2D eigenvalue weighted by atomic mass is 10.0. The Labute approximate surface area is 162 Å². The third kappa shape index (κ3) is 3.73. The Hall–Kier alpha value is -3.61. The summed E-state index contributed by atoms with van der Waals surface area (Å²) in [6.45, 7) is 1.97. The summed E-state index contributed by atoms with van der Waals surface area (Å²) in [6.07, 6.45) is 1.40. The average molecular weight is 380 g/mol. The van der Waals surface area contributed by atoms with E-state index in [2.05, 4.69) is 10.3 Å². The maximum absolute atomic E-state index is 12.5. The molecule has 7 heteroatoms. The van der Waals surface area contributed by atoms with Gasteiger partial charge in [0.15, 0.2) is 0 Å². The van der Waals surface area contributed by atoms with E-state index in [1.165, 1.54) is 13.3 Å². The van der Waals surface area contributed by atoms with Crippen molar-refractivity contribution in [3.8, 4) is 5.75 Å². The molecule has 2 aromatic carbocycles. The van der Waals surface area contributed by atoms with Crippen molar-refractivity contribution >= 4 is 34.2 Å². The molecule has 0 saturated heterocycles. The van der Waals surface area contributed by atoms with Crippen molar-refractivity contribution in [1.29, 1.82) is 0 Å². The molecule has 1 heterocycles. The molecular weight excluding hydrogens is 360 g/mol. The van der Waals surface area contributed by atoms with E-state index in [4.69, 9.17) is 14.2 Å². The van der Waals surface area contributed by atoms with Crippen molar-refractivity contribution in [2.45, 2.75) is 6.92 Å². The summed E-state index contributed by atoms with van der Waals surface area (Å²) in [5.41, 5.74) is 2.25. The van der Waals surface area contributed by atoms with E-state index in [0.29, 0.717) is 27.9 Å². The smallest absolute Gasteiger partial charge is 0.341 e. The molecule has 0 spiro atoms. The zero-order valence-electron chi connectivity index (χ0n) is 15.8. The summed E-state index contributed by atoms with van der Waals surface area (Å²) < 4.78 is 15.2. The molecule has 0 bridgehead atoms. The number of esters is 2. The number of ether oxygens (including phenoxy) is 3. The Morgan fingerprint density at radius 1 is 1.00 bits per heavy atom.